The second kappa shape index (κ2) is 6.63. The standard InChI is InChI=1S/C21H24ClN5O3/c1-21(2,3)30-20(28)27-9-11-7-26(8-12(11)10-27)18-17-16(24-19(23)25-18)14-6-13(22)4-5-15(14)29-17/h4-6,11-12H,7-10H2,1-3H3,(H2,23,24,25)/t11-,12+. The van der Waals surface area contributed by atoms with Crippen molar-refractivity contribution < 1.29 is 13.9 Å². The predicted octanol–water partition coefficient (Wildman–Crippen LogP) is 3.91. The van der Waals surface area contributed by atoms with Crippen molar-refractivity contribution in [1.82, 2.24) is 14.9 Å². The van der Waals surface area contributed by atoms with Gasteiger partial charge in [-0.1, -0.05) is 11.6 Å². The molecule has 4 heterocycles. The summed E-state index contributed by atoms with van der Waals surface area (Å²) in [5.41, 5.74) is 7.52. The van der Waals surface area contributed by atoms with Crippen LogP contribution in [0.2, 0.25) is 5.02 Å². The topological polar surface area (TPSA) is 97.7 Å². The number of rotatable bonds is 1. The molecule has 0 spiro atoms. The van der Waals surface area contributed by atoms with Crippen molar-refractivity contribution in [2.24, 2.45) is 11.8 Å². The van der Waals surface area contributed by atoms with E-state index in [1.165, 1.54) is 0 Å². The molecule has 2 saturated heterocycles. The molecule has 30 heavy (non-hydrogen) atoms. The summed E-state index contributed by atoms with van der Waals surface area (Å²) in [5.74, 6) is 1.60. The zero-order chi connectivity index (χ0) is 21.2. The fourth-order valence-electron chi connectivity index (χ4n) is 4.47. The second-order valence-electron chi connectivity index (χ2n) is 9.14. The molecular formula is C21H24ClN5O3. The van der Waals surface area contributed by atoms with Crippen LogP contribution in [0.3, 0.4) is 0 Å². The number of furan rings is 1. The minimum atomic E-state index is -0.491. The SMILES string of the molecule is CC(C)(C)OC(=O)N1C[C@@H]2CN(c3nc(N)nc4c3oc3ccc(Cl)cc34)C[C@@H]2C1. The summed E-state index contributed by atoms with van der Waals surface area (Å²) >= 11 is 6.16. The minimum absolute atomic E-state index is 0.201. The number of halogens is 1. The number of ether oxygens (including phenoxy) is 1. The van der Waals surface area contributed by atoms with Gasteiger partial charge in [-0.2, -0.15) is 4.98 Å². The van der Waals surface area contributed by atoms with Crippen molar-refractivity contribution in [2.45, 2.75) is 26.4 Å². The van der Waals surface area contributed by atoms with Crippen molar-refractivity contribution in [3.8, 4) is 0 Å². The van der Waals surface area contributed by atoms with E-state index in [-0.39, 0.29) is 12.0 Å². The average molecular weight is 430 g/mol. The van der Waals surface area contributed by atoms with Gasteiger partial charge in [-0.05, 0) is 39.0 Å². The highest BCUT2D eigenvalue weighted by Crippen LogP contribution is 2.39. The Morgan fingerprint density at radius 2 is 1.90 bits per heavy atom. The maximum absolute atomic E-state index is 12.4. The molecule has 0 unspecified atom stereocenters. The van der Waals surface area contributed by atoms with Gasteiger partial charge in [0, 0.05) is 48.4 Å². The molecule has 3 aromatic rings. The van der Waals surface area contributed by atoms with Gasteiger partial charge in [0.05, 0.1) is 0 Å². The summed E-state index contributed by atoms with van der Waals surface area (Å²) in [6.07, 6.45) is -0.244. The van der Waals surface area contributed by atoms with Crippen LogP contribution in [-0.4, -0.2) is 52.7 Å². The fraction of sp³-hybridized carbons (Fsp3) is 0.476. The number of nitrogens with zero attached hydrogens (tertiary/aromatic N) is 4. The number of aromatic nitrogens is 2. The van der Waals surface area contributed by atoms with E-state index >= 15 is 0 Å². The fourth-order valence-corrected chi connectivity index (χ4v) is 4.65. The van der Waals surface area contributed by atoms with Crippen LogP contribution in [0.4, 0.5) is 16.6 Å². The Labute approximate surface area is 178 Å². The van der Waals surface area contributed by atoms with Gasteiger partial charge in [-0.3, -0.25) is 0 Å². The van der Waals surface area contributed by atoms with Crippen LogP contribution in [0.25, 0.3) is 22.1 Å². The van der Waals surface area contributed by atoms with Crippen LogP contribution < -0.4 is 10.6 Å². The zero-order valence-electron chi connectivity index (χ0n) is 17.2. The molecule has 1 aromatic carbocycles. The maximum Gasteiger partial charge on any atom is 0.410 e. The van der Waals surface area contributed by atoms with E-state index in [0.717, 1.165) is 18.5 Å². The highest BCUT2D eigenvalue weighted by Gasteiger charge is 2.43. The molecule has 9 heteroatoms. The van der Waals surface area contributed by atoms with Crippen LogP contribution in [0.15, 0.2) is 22.6 Å². The van der Waals surface area contributed by atoms with E-state index < -0.39 is 5.60 Å². The van der Waals surface area contributed by atoms with Crippen LogP contribution in [0, 0.1) is 11.8 Å². The lowest BCUT2D eigenvalue weighted by Gasteiger charge is -2.26. The van der Waals surface area contributed by atoms with Gasteiger partial charge in [-0.15, -0.1) is 0 Å². The number of nitrogens with two attached hydrogens (primary N) is 1. The van der Waals surface area contributed by atoms with E-state index in [9.17, 15) is 4.79 Å². The van der Waals surface area contributed by atoms with Crippen molar-refractivity contribution in [3.05, 3.63) is 23.2 Å². The van der Waals surface area contributed by atoms with E-state index in [0.29, 0.717) is 52.4 Å². The van der Waals surface area contributed by atoms with E-state index in [4.69, 9.17) is 26.5 Å². The third-order valence-corrected chi connectivity index (χ3v) is 5.95. The Kier molecular flexibility index (Phi) is 4.25. The van der Waals surface area contributed by atoms with Gasteiger partial charge < -0.3 is 24.7 Å². The number of anilines is 2. The summed E-state index contributed by atoms with van der Waals surface area (Å²) in [4.78, 5) is 25.3. The second-order valence-corrected chi connectivity index (χ2v) is 9.57. The molecule has 1 amide bonds. The van der Waals surface area contributed by atoms with Gasteiger partial charge in [0.2, 0.25) is 5.95 Å². The van der Waals surface area contributed by atoms with E-state index in [1.807, 2.05) is 37.8 Å². The third-order valence-electron chi connectivity index (χ3n) is 5.71. The Bertz CT molecular complexity index is 1140. The number of carbonyl (C=O) groups excluding carboxylic acids is 1. The molecule has 2 aliphatic rings. The molecule has 2 N–H and O–H groups in total. The first-order valence-corrected chi connectivity index (χ1v) is 10.4. The van der Waals surface area contributed by atoms with Crippen molar-refractivity contribution in [1.29, 1.82) is 0 Å². The average Bonchev–Trinajstić information content (AvgIpc) is 3.30. The lowest BCUT2D eigenvalue weighted by Crippen LogP contribution is -2.37. The van der Waals surface area contributed by atoms with Gasteiger partial charge in [-0.25, -0.2) is 9.78 Å². The molecular weight excluding hydrogens is 406 g/mol. The quantitative estimate of drug-likeness (QED) is 0.626. The molecule has 0 saturated carbocycles. The molecule has 2 atom stereocenters. The normalized spacial score (nSPS) is 21.6. The van der Waals surface area contributed by atoms with Gasteiger partial charge in [0.1, 0.15) is 16.7 Å². The van der Waals surface area contributed by atoms with Gasteiger partial charge in [0.25, 0.3) is 0 Å². The molecule has 158 valence electrons. The Balaban J connectivity index is 1.41. The number of amides is 1. The summed E-state index contributed by atoms with van der Waals surface area (Å²) in [7, 11) is 0. The monoisotopic (exact) mass is 429 g/mol. The Hall–Kier alpha value is -2.74. The number of carbonyl (C=O) groups is 1. The lowest BCUT2D eigenvalue weighted by atomic mass is 10.0. The molecule has 5 rings (SSSR count). The molecule has 2 fully saturated rings. The molecule has 2 aliphatic heterocycles. The number of benzene rings is 1. The lowest BCUT2D eigenvalue weighted by molar-refractivity contribution is 0.0282. The minimum Gasteiger partial charge on any atom is -0.450 e. The molecule has 0 radical (unpaired) electrons. The van der Waals surface area contributed by atoms with Crippen LogP contribution in [0.5, 0.6) is 0 Å². The van der Waals surface area contributed by atoms with Crippen molar-refractivity contribution >= 4 is 51.5 Å². The molecule has 2 aromatic heterocycles. The number of likely N-dealkylation sites (tertiary alicyclic amines) is 1. The largest absolute Gasteiger partial charge is 0.450 e. The zero-order valence-corrected chi connectivity index (χ0v) is 17.9. The summed E-state index contributed by atoms with van der Waals surface area (Å²) in [6, 6.07) is 5.45. The molecule has 0 aliphatic carbocycles. The summed E-state index contributed by atoms with van der Waals surface area (Å²) in [5, 5.41) is 1.44. The Morgan fingerprint density at radius 3 is 2.57 bits per heavy atom. The van der Waals surface area contributed by atoms with Crippen molar-refractivity contribution in [2.75, 3.05) is 36.8 Å². The van der Waals surface area contributed by atoms with E-state index in [2.05, 4.69) is 14.9 Å². The van der Waals surface area contributed by atoms with Gasteiger partial charge in [0.15, 0.2) is 11.4 Å². The highest BCUT2D eigenvalue weighted by atomic mass is 35.5. The van der Waals surface area contributed by atoms with Gasteiger partial charge >= 0.3 is 6.09 Å². The summed E-state index contributed by atoms with van der Waals surface area (Å²) < 4.78 is 11.6. The predicted molar refractivity (Wildman–Crippen MR) is 116 cm³/mol. The number of fused-ring (bicyclic) bond motifs is 4. The third kappa shape index (κ3) is 3.29. The van der Waals surface area contributed by atoms with E-state index in [1.54, 1.807) is 6.07 Å². The molecule has 0 bridgehead atoms. The number of nitrogen functional groups attached to an aromatic ring is 1. The maximum atomic E-state index is 12.4. The summed E-state index contributed by atoms with van der Waals surface area (Å²) in [6.45, 7) is 8.55. The van der Waals surface area contributed by atoms with Crippen LogP contribution >= 0.6 is 11.6 Å². The molecule has 8 nitrogen and oxygen atoms in total. The first kappa shape index (κ1) is 19.2. The first-order valence-electron chi connectivity index (χ1n) is 10.1. The highest BCUT2D eigenvalue weighted by molar-refractivity contribution is 6.31. The number of hydrogen-bond donors (Lipinski definition) is 1. The van der Waals surface area contributed by atoms with Crippen molar-refractivity contribution in [3.63, 3.8) is 0 Å². The smallest absolute Gasteiger partial charge is 0.410 e. The van der Waals surface area contributed by atoms with Crippen LogP contribution in [-0.2, 0) is 4.74 Å². The van der Waals surface area contributed by atoms with Crippen LogP contribution in [0.1, 0.15) is 20.8 Å². The Morgan fingerprint density at radius 1 is 1.20 bits per heavy atom. The first-order chi connectivity index (χ1) is 14.2. The number of hydrogen-bond acceptors (Lipinski definition) is 7.